The van der Waals surface area contributed by atoms with Gasteiger partial charge in [0, 0.05) is 36.9 Å². The Morgan fingerprint density at radius 3 is 3.00 bits per heavy atom. The predicted molar refractivity (Wildman–Crippen MR) is 78.4 cm³/mol. The molecule has 1 amide bonds. The first-order chi connectivity index (χ1) is 10.2. The Morgan fingerprint density at radius 1 is 1.38 bits per heavy atom. The molecule has 106 valence electrons. The van der Waals surface area contributed by atoms with Crippen molar-refractivity contribution in [2.75, 3.05) is 0 Å². The Labute approximate surface area is 121 Å². The summed E-state index contributed by atoms with van der Waals surface area (Å²) in [6.45, 7) is 0.476. The smallest absolute Gasteiger partial charge is 0.269 e. The molecule has 0 aromatic carbocycles. The molecule has 21 heavy (non-hydrogen) atoms. The Balaban J connectivity index is 1.69. The van der Waals surface area contributed by atoms with Gasteiger partial charge in [0.05, 0.1) is 12.2 Å². The van der Waals surface area contributed by atoms with Gasteiger partial charge in [0.2, 0.25) is 0 Å². The minimum atomic E-state index is -0.182. The lowest BCUT2D eigenvalue weighted by atomic mass is 10.2. The van der Waals surface area contributed by atoms with E-state index in [1.807, 2.05) is 42.1 Å². The van der Waals surface area contributed by atoms with Crippen LogP contribution in [0.2, 0.25) is 0 Å². The molecular formula is C15H15N5O. The van der Waals surface area contributed by atoms with Gasteiger partial charge >= 0.3 is 0 Å². The van der Waals surface area contributed by atoms with E-state index >= 15 is 0 Å². The molecule has 0 atom stereocenters. The molecule has 6 nitrogen and oxygen atoms in total. The normalized spacial score (nSPS) is 10.5. The summed E-state index contributed by atoms with van der Waals surface area (Å²) in [6.07, 6.45) is 5.35. The zero-order chi connectivity index (χ0) is 14.7. The van der Waals surface area contributed by atoms with Crippen molar-refractivity contribution in [1.29, 1.82) is 0 Å². The third-order valence-corrected chi connectivity index (χ3v) is 3.26. The average molecular weight is 281 g/mol. The van der Waals surface area contributed by atoms with Crippen LogP contribution >= 0.6 is 0 Å². The molecule has 2 N–H and O–H groups in total. The van der Waals surface area contributed by atoms with E-state index < -0.39 is 0 Å². The van der Waals surface area contributed by atoms with Crippen molar-refractivity contribution >= 4 is 5.91 Å². The largest absolute Gasteiger partial charge is 0.353 e. The number of hydrogen-bond acceptors (Lipinski definition) is 3. The van der Waals surface area contributed by atoms with E-state index in [2.05, 4.69) is 20.5 Å². The summed E-state index contributed by atoms with van der Waals surface area (Å²) >= 11 is 0. The fourth-order valence-electron chi connectivity index (χ4n) is 2.05. The van der Waals surface area contributed by atoms with Crippen LogP contribution in [0.5, 0.6) is 0 Å². The second-order valence-electron chi connectivity index (χ2n) is 4.70. The molecule has 3 heterocycles. The molecule has 0 aliphatic carbocycles. The number of carbonyl (C=O) groups is 1. The summed E-state index contributed by atoms with van der Waals surface area (Å²) in [6, 6.07) is 9.36. The van der Waals surface area contributed by atoms with Crippen molar-refractivity contribution in [1.82, 2.24) is 25.1 Å². The number of carbonyl (C=O) groups excluding carboxylic acids is 1. The van der Waals surface area contributed by atoms with Crippen molar-refractivity contribution in [3.63, 3.8) is 0 Å². The van der Waals surface area contributed by atoms with Gasteiger partial charge in [-0.15, -0.1) is 0 Å². The highest BCUT2D eigenvalue weighted by atomic mass is 16.1. The Morgan fingerprint density at radius 2 is 2.29 bits per heavy atom. The number of amides is 1. The molecule has 3 aromatic heterocycles. The minimum Gasteiger partial charge on any atom is -0.353 e. The van der Waals surface area contributed by atoms with Crippen LogP contribution in [0.15, 0.2) is 48.9 Å². The summed E-state index contributed by atoms with van der Waals surface area (Å²) in [7, 11) is 1.94. The second kappa shape index (κ2) is 5.62. The third-order valence-electron chi connectivity index (χ3n) is 3.26. The Kier molecular flexibility index (Phi) is 3.51. The number of nitrogens with zero attached hydrogens (tertiary/aromatic N) is 3. The van der Waals surface area contributed by atoms with Gasteiger partial charge in [-0.25, -0.2) is 0 Å². The number of nitrogens with one attached hydrogen (secondary N) is 2. The van der Waals surface area contributed by atoms with E-state index in [9.17, 15) is 4.79 Å². The molecule has 0 aliphatic rings. The van der Waals surface area contributed by atoms with Gasteiger partial charge < -0.3 is 9.88 Å². The quantitative estimate of drug-likeness (QED) is 0.765. The highest BCUT2D eigenvalue weighted by Crippen LogP contribution is 2.15. The van der Waals surface area contributed by atoms with Crippen LogP contribution in [0.4, 0.5) is 0 Å². The summed E-state index contributed by atoms with van der Waals surface area (Å²) < 4.78 is 1.97. The number of hydrogen-bond donors (Lipinski definition) is 2. The average Bonchev–Trinajstić information content (AvgIpc) is 3.15. The molecule has 0 unspecified atom stereocenters. The molecule has 3 aromatic rings. The van der Waals surface area contributed by atoms with Gasteiger partial charge in [0.15, 0.2) is 0 Å². The molecule has 0 saturated heterocycles. The summed E-state index contributed by atoms with van der Waals surface area (Å²) in [4.78, 5) is 16.1. The second-order valence-corrected chi connectivity index (χ2v) is 4.70. The van der Waals surface area contributed by atoms with Crippen molar-refractivity contribution in [2.45, 2.75) is 6.54 Å². The lowest BCUT2D eigenvalue weighted by Crippen LogP contribution is -2.24. The van der Waals surface area contributed by atoms with Crippen LogP contribution in [0.1, 0.15) is 16.2 Å². The topological polar surface area (TPSA) is 75.6 Å². The SMILES string of the molecule is Cn1cccc1CNC(=O)c1cc(-c2cccnc2)n[nH]1. The van der Waals surface area contributed by atoms with Crippen molar-refractivity contribution < 1.29 is 4.79 Å². The van der Waals surface area contributed by atoms with E-state index in [1.54, 1.807) is 18.5 Å². The molecular weight excluding hydrogens is 266 g/mol. The van der Waals surface area contributed by atoms with Crippen LogP contribution in [-0.2, 0) is 13.6 Å². The zero-order valence-corrected chi connectivity index (χ0v) is 11.6. The molecule has 0 radical (unpaired) electrons. The number of pyridine rings is 1. The highest BCUT2D eigenvalue weighted by molar-refractivity contribution is 5.93. The predicted octanol–water partition coefficient (Wildman–Crippen LogP) is 1.74. The van der Waals surface area contributed by atoms with Gasteiger partial charge in [0.1, 0.15) is 5.69 Å². The first-order valence-corrected chi connectivity index (χ1v) is 6.58. The maximum Gasteiger partial charge on any atom is 0.269 e. The van der Waals surface area contributed by atoms with Crippen LogP contribution < -0.4 is 5.32 Å². The third kappa shape index (κ3) is 2.84. The minimum absolute atomic E-state index is 0.182. The molecule has 0 aliphatic heterocycles. The van der Waals surface area contributed by atoms with Gasteiger partial charge in [-0.3, -0.25) is 14.9 Å². The van der Waals surface area contributed by atoms with Crippen LogP contribution in [0.3, 0.4) is 0 Å². The molecule has 6 heteroatoms. The van der Waals surface area contributed by atoms with Crippen LogP contribution in [0, 0.1) is 0 Å². The molecule has 0 saturated carbocycles. The number of aromatic nitrogens is 4. The van der Waals surface area contributed by atoms with E-state index in [0.717, 1.165) is 11.3 Å². The number of H-pyrrole nitrogens is 1. The van der Waals surface area contributed by atoms with Crippen LogP contribution in [-0.4, -0.2) is 25.7 Å². The number of rotatable bonds is 4. The van der Waals surface area contributed by atoms with Crippen molar-refractivity contribution in [3.05, 3.63) is 60.3 Å². The summed E-state index contributed by atoms with van der Waals surface area (Å²) in [5, 5.41) is 9.75. The van der Waals surface area contributed by atoms with Gasteiger partial charge in [-0.2, -0.15) is 5.10 Å². The monoisotopic (exact) mass is 281 g/mol. The molecule has 0 bridgehead atoms. The molecule has 0 fully saturated rings. The summed E-state index contributed by atoms with van der Waals surface area (Å²) in [5.74, 6) is -0.182. The maximum absolute atomic E-state index is 12.1. The lowest BCUT2D eigenvalue weighted by Gasteiger charge is -2.04. The first-order valence-electron chi connectivity index (χ1n) is 6.58. The van der Waals surface area contributed by atoms with Gasteiger partial charge in [0.25, 0.3) is 5.91 Å². The highest BCUT2D eigenvalue weighted by Gasteiger charge is 2.11. The van der Waals surface area contributed by atoms with Crippen molar-refractivity contribution in [3.8, 4) is 11.3 Å². The first kappa shape index (κ1) is 13.1. The van der Waals surface area contributed by atoms with E-state index in [4.69, 9.17) is 0 Å². The van der Waals surface area contributed by atoms with Crippen molar-refractivity contribution in [2.24, 2.45) is 7.05 Å². The molecule has 0 spiro atoms. The number of aromatic amines is 1. The maximum atomic E-state index is 12.1. The van der Waals surface area contributed by atoms with Crippen LogP contribution in [0.25, 0.3) is 11.3 Å². The lowest BCUT2D eigenvalue weighted by molar-refractivity contribution is 0.0945. The van der Waals surface area contributed by atoms with E-state index in [1.165, 1.54) is 0 Å². The zero-order valence-electron chi connectivity index (χ0n) is 11.6. The van der Waals surface area contributed by atoms with Gasteiger partial charge in [-0.1, -0.05) is 0 Å². The fourth-order valence-corrected chi connectivity index (χ4v) is 2.05. The number of aryl methyl sites for hydroxylation is 1. The van der Waals surface area contributed by atoms with E-state index in [0.29, 0.717) is 17.9 Å². The van der Waals surface area contributed by atoms with E-state index in [-0.39, 0.29) is 5.91 Å². The Hall–Kier alpha value is -2.89. The summed E-state index contributed by atoms with van der Waals surface area (Å²) in [5.41, 5.74) is 3.04. The fraction of sp³-hybridized carbons (Fsp3) is 0.133. The molecule has 3 rings (SSSR count). The standard InChI is InChI=1S/C15H15N5O/c1-20-7-3-5-12(20)10-17-15(21)14-8-13(18-19-14)11-4-2-6-16-9-11/h2-9H,10H2,1H3,(H,17,21)(H,18,19). The Bertz CT molecular complexity index is 744. The van der Waals surface area contributed by atoms with Gasteiger partial charge in [-0.05, 0) is 30.3 Å².